The summed E-state index contributed by atoms with van der Waals surface area (Å²) in [5.41, 5.74) is 5.65. The molecule has 0 aliphatic carbocycles. The normalized spacial score (nSPS) is 14.9. The molecule has 3 aromatic carbocycles. The van der Waals surface area contributed by atoms with Gasteiger partial charge in [0.1, 0.15) is 5.52 Å². The number of hydrogen-bond donors (Lipinski definition) is 1. The van der Waals surface area contributed by atoms with Gasteiger partial charge in [-0.2, -0.15) is 4.98 Å². The van der Waals surface area contributed by atoms with E-state index in [1.54, 1.807) is 0 Å². The molecule has 1 aliphatic heterocycles. The molecule has 5 nitrogen and oxygen atoms in total. The fraction of sp³-hybridized carbons (Fsp3) is 0.240. The Bertz CT molecular complexity index is 1070. The van der Waals surface area contributed by atoms with Crippen molar-refractivity contribution in [1.82, 2.24) is 9.88 Å². The smallest absolute Gasteiger partial charge is 0.295 e. The number of nitrogens with one attached hydrogen (secondary N) is 1. The summed E-state index contributed by atoms with van der Waals surface area (Å²) in [7, 11) is 0. The number of oxazole rings is 1. The molecule has 0 unspecified atom stereocenters. The van der Waals surface area contributed by atoms with Crippen LogP contribution in [-0.2, 0) is 13.1 Å². The predicted octanol–water partition coefficient (Wildman–Crippen LogP) is 4.76. The molecule has 0 spiro atoms. The van der Waals surface area contributed by atoms with Gasteiger partial charge in [-0.25, -0.2) is 0 Å². The summed E-state index contributed by atoms with van der Waals surface area (Å²) in [6.45, 7) is 5.94. The standard InChI is InChI=1S/C25H26N4O/c1-2-10-22(11-3-1)29-16-14-28(15-17-29)19-21-9-5-4-8-20(21)18-26-25-27-23-12-6-7-13-24(23)30-25/h1-13H,14-19H2,(H,26,27). The van der Waals surface area contributed by atoms with Crippen LogP contribution in [0.2, 0.25) is 0 Å². The SMILES string of the molecule is c1ccc(N2CCN(Cc3ccccc3CNc3nc4ccccc4o3)CC2)cc1. The minimum atomic E-state index is 0.572. The molecule has 1 N–H and O–H groups in total. The third-order valence-corrected chi connectivity index (χ3v) is 5.73. The number of aromatic nitrogens is 1. The largest absolute Gasteiger partial charge is 0.424 e. The monoisotopic (exact) mass is 398 g/mol. The maximum atomic E-state index is 5.80. The minimum absolute atomic E-state index is 0.572. The molecule has 0 amide bonds. The highest BCUT2D eigenvalue weighted by Gasteiger charge is 2.18. The maximum Gasteiger partial charge on any atom is 0.295 e. The Kier molecular flexibility index (Phi) is 5.36. The average molecular weight is 399 g/mol. The summed E-state index contributed by atoms with van der Waals surface area (Å²) < 4.78 is 5.80. The summed E-state index contributed by atoms with van der Waals surface area (Å²) >= 11 is 0. The van der Waals surface area contributed by atoms with E-state index in [4.69, 9.17) is 4.42 Å². The van der Waals surface area contributed by atoms with Crippen LogP contribution in [0.3, 0.4) is 0 Å². The fourth-order valence-corrected chi connectivity index (χ4v) is 4.05. The highest BCUT2D eigenvalue weighted by molar-refractivity contribution is 5.74. The molecular formula is C25H26N4O. The van der Waals surface area contributed by atoms with Gasteiger partial charge in [0, 0.05) is 45.0 Å². The zero-order valence-corrected chi connectivity index (χ0v) is 17.0. The van der Waals surface area contributed by atoms with Crippen LogP contribution in [0.1, 0.15) is 11.1 Å². The van der Waals surface area contributed by atoms with Gasteiger partial charge in [0.2, 0.25) is 0 Å². The van der Waals surface area contributed by atoms with Gasteiger partial charge in [0.25, 0.3) is 6.01 Å². The fourth-order valence-electron chi connectivity index (χ4n) is 4.05. The van der Waals surface area contributed by atoms with E-state index in [9.17, 15) is 0 Å². The molecule has 1 saturated heterocycles. The van der Waals surface area contributed by atoms with Gasteiger partial charge >= 0.3 is 0 Å². The van der Waals surface area contributed by atoms with Crippen molar-refractivity contribution in [2.24, 2.45) is 0 Å². The summed E-state index contributed by atoms with van der Waals surface area (Å²) in [6.07, 6.45) is 0. The van der Waals surface area contributed by atoms with Crippen molar-refractivity contribution in [2.45, 2.75) is 13.1 Å². The second-order valence-electron chi connectivity index (χ2n) is 7.71. The van der Waals surface area contributed by atoms with E-state index < -0.39 is 0 Å². The van der Waals surface area contributed by atoms with Crippen LogP contribution in [0.25, 0.3) is 11.1 Å². The molecule has 2 heterocycles. The van der Waals surface area contributed by atoms with Crippen LogP contribution >= 0.6 is 0 Å². The molecule has 0 radical (unpaired) electrons. The topological polar surface area (TPSA) is 44.5 Å². The Balaban J connectivity index is 1.21. The van der Waals surface area contributed by atoms with Crippen LogP contribution in [0.15, 0.2) is 83.3 Å². The number of hydrogen-bond acceptors (Lipinski definition) is 5. The zero-order chi connectivity index (χ0) is 20.2. The molecule has 0 saturated carbocycles. The van der Waals surface area contributed by atoms with E-state index in [1.807, 2.05) is 24.3 Å². The van der Waals surface area contributed by atoms with Gasteiger partial charge < -0.3 is 14.6 Å². The van der Waals surface area contributed by atoms with Crippen molar-refractivity contribution in [1.29, 1.82) is 0 Å². The quantitative estimate of drug-likeness (QED) is 0.507. The average Bonchev–Trinajstić information content (AvgIpc) is 3.23. The van der Waals surface area contributed by atoms with E-state index in [0.717, 1.165) is 43.8 Å². The molecule has 1 aliphatic rings. The van der Waals surface area contributed by atoms with Crippen LogP contribution in [0, 0.1) is 0 Å². The molecule has 0 bridgehead atoms. The first-order valence-corrected chi connectivity index (χ1v) is 10.5. The second-order valence-corrected chi connectivity index (χ2v) is 7.71. The van der Waals surface area contributed by atoms with E-state index in [2.05, 4.69) is 74.7 Å². The minimum Gasteiger partial charge on any atom is -0.424 e. The molecular weight excluding hydrogens is 372 g/mol. The van der Waals surface area contributed by atoms with Crippen LogP contribution in [-0.4, -0.2) is 36.1 Å². The van der Waals surface area contributed by atoms with Gasteiger partial charge in [-0.1, -0.05) is 54.6 Å². The van der Waals surface area contributed by atoms with Gasteiger partial charge in [-0.05, 0) is 35.4 Å². The van der Waals surface area contributed by atoms with E-state index in [-0.39, 0.29) is 0 Å². The molecule has 30 heavy (non-hydrogen) atoms. The lowest BCUT2D eigenvalue weighted by Crippen LogP contribution is -2.46. The van der Waals surface area contributed by atoms with Crippen LogP contribution in [0.4, 0.5) is 11.7 Å². The third-order valence-electron chi connectivity index (χ3n) is 5.73. The van der Waals surface area contributed by atoms with E-state index in [0.29, 0.717) is 12.6 Å². The Morgan fingerprint density at radius 2 is 1.47 bits per heavy atom. The number of anilines is 2. The number of benzene rings is 3. The lowest BCUT2D eigenvalue weighted by molar-refractivity contribution is 0.249. The van der Waals surface area contributed by atoms with Gasteiger partial charge in [-0.3, -0.25) is 4.90 Å². The number of rotatable bonds is 6. The maximum absolute atomic E-state index is 5.80. The molecule has 1 fully saturated rings. The molecule has 152 valence electrons. The van der Waals surface area contributed by atoms with Crippen molar-refractivity contribution in [2.75, 3.05) is 36.4 Å². The molecule has 5 heteroatoms. The van der Waals surface area contributed by atoms with Crippen molar-refractivity contribution in [3.63, 3.8) is 0 Å². The second kappa shape index (κ2) is 8.59. The van der Waals surface area contributed by atoms with Gasteiger partial charge in [0.05, 0.1) is 0 Å². The number of piperazine rings is 1. The van der Waals surface area contributed by atoms with Crippen molar-refractivity contribution in [3.8, 4) is 0 Å². The van der Waals surface area contributed by atoms with Crippen molar-refractivity contribution < 1.29 is 4.42 Å². The van der Waals surface area contributed by atoms with Crippen molar-refractivity contribution in [3.05, 3.63) is 90.0 Å². The number of nitrogens with zero attached hydrogens (tertiary/aromatic N) is 3. The summed E-state index contributed by atoms with van der Waals surface area (Å²) in [5, 5.41) is 3.35. The van der Waals surface area contributed by atoms with E-state index >= 15 is 0 Å². The molecule has 1 aromatic heterocycles. The highest BCUT2D eigenvalue weighted by atomic mass is 16.4. The van der Waals surface area contributed by atoms with Crippen LogP contribution in [0.5, 0.6) is 0 Å². The van der Waals surface area contributed by atoms with Gasteiger partial charge in [-0.15, -0.1) is 0 Å². The zero-order valence-electron chi connectivity index (χ0n) is 17.0. The Labute approximate surface area is 176 Å². The first kappa shape index (κ1) is 18.7. The summed E-state index contributed by atoms with van der Waals surface area (Å²) in [6, 6.07) is 27.7. The lowest BCUT2D eigenvalue weighted by atomic mass is 10.1. The summed E-state index contributed by atoms with van der Waals surface area (Å²) in [4.78, 5) is 9.53. The molecule has 4 aromatic rings. The molecule has 5 rings (SSSR count). The Hall–Kier alpha value is -3.31. The number of para-hydroxylation sites is 3. The Morgan fingerprint density at radius 1 is 0.767 bits per heavy atom. The first-order chi connectivity index (χ1) is 14.8. The van der Waals surface area contributed by atoms with E-state index in [1.165, 1.54) is 16.8 Å². The number of fused-ring (bicyclic) bond motifs is 1. The summed E-state index contributed by atoms with van der Waals surface area (Å²) in [5.74, 6) is 0. The lowest BCUT2D eigenvalue weighted by Gasteiger charge is -2.36. The predicted molar refractivity (Wildman–Crippen MR) is 122 cm³/mol. The first-order valence-electron chi connectivity index (χ1n) is 10.5. The third kappa shape index (κ3) is 4.16. The Morgan fingerprint density at radius 3 is 2.27 bits per heavy atom. The van der Waals surface area contributed by atoms with Crippen molar-refractivity contribution >= 4 is 22.8 Å². The highest BCUT2D eigenvalue weighted by Crippen LogP contribution is 2.21. The molecule has 0 atom stereocenters. The van der Waals surface area contributed by atoms with Gasteiger partial charge in [0.15, 0.2) is 5.58 Å². The van der Waals surface area contributed by atoms with Crippen LogP contribution < -0.4 is 10.2 Å².